The fourth-order valence-corrected chi connectivity index (χ4v) is 2.89. The molecule has 0 saturated carbocycles. The lowest BCUT2D eigenvalue weighted by atomic mass is 10.3. The van der Waals surface area contributed by atoms with Crippen molar-refractivity contribution in [3.63, 3.8) is 0 Å². The maximum absolute atomic E-state index is 11.3. The standard InChI is InChI=1S/C11H16ClN3OS/c1-8(9-2-3-10(12)17-9)13-4-6-15-7-5-14-11(15)16/h2-3,8,13H,4-7H2,1H3,(H,14,16). The molecule has 1 unspecified atom stereocenters. The summed E-state index contributed by atoms with van der Waals surface area (Å²) in [5.41, 5.74) is 0. The molecule has 1 aromatic rings. The van der Waals surface area contributed by atoms with Gasteiger partial charge in [0.05, 0.1) is 4.34 Å². The lowest BCUT2D eigenvalue weighted by Crippen LogP contribution is -2.35. The number of halogens is 1. The Balaban J connectivity index is 1.73. The van der Waals surface area contributed by atoms with Crippen LogP contribution in [-0.2, 0) is 0 Å². The molecule has 0 aliphatic carbocycles. The zero-order valence-electron chi connectivity index (χ0n) is 9.70. The first kappa shape index (κ1) is 12.7. The molecule has 1 aromatic heterocycles. The quantitative estimate of drug-likeness (QED) is 0.863. The van der Waals surface area contributed by atoms with Crippen LogP contribution in [0.15, 0.2) is 12.1 Å². The number of carbonyl (C=O) groups excluding carboxylic acids is 1. The second-order valence-electron chi connectivity index (χ2n) is 4.04. The second-order valence-corrected chi connectivity index (χ2v) is 5.78. The van der Waals surface area contributed by atoms with E-state index in [4.69, 9.17) is 11.6 Å². The lowest BCUT2D eigenvalue weighted by Gasteiger charge is -2.17. The van der Waals surface area contributed by atoms with E-state index in [-0.39, 0.29) is 12.1 Å². The third kappa shape index (κ3) is 3.34. The molecule has 2 heterocycles. The molecule has 0 spiro atoms. The van der Waals surface area contributed by atoms with Crippen molar-refractivity contribution >= 4 is 29.0 Å². The number of carbonyl (C=O) groups is 1. The highest BCUT2D eigenvalue weighted by Crippen LogP contribution is 2.26. The Morgan fingerprint density at radius 1 is 1.65 bits per heavy atom. The fourth-order valence-electron chi connectivity index (χ4n) is 1.80. The van der Waals surface area contributed by atoms with Crippen LogP contribution in [0.1, 0.15) is 17.8 Å². The van der Waals surface area contributed by atoms with Gasteiger partial charge in [-0.3, -0.25) is 0 Å². The summed E-state index contributed by atoms with van der Waals surface area (Å²) < 4.78 is 0.813. The van der Waals surface area contributed by atoms with Gasteiger partial charge in [-0.2, -0.15) is 0 Å². The summed E-state index contributed by atoms with van der Waals surface area (Å²) in [4.78, 5) is 14.3. The van der Waals surface area contributed by atoms with Gasteiger partial charge in [0.2, 0.25) is 0 Å². The maximum Gasteiger partial charge on any atom is 0.317 e. The first-order chi connectivity index (χ1) is 8.16. The van der Waals surface area contributed by atoms with Crippen LogP contribution < -0.4 is 10.6 Å². The number of urea groups is 1. The third-order valence-corrected chi connectivity index (χ3v) is 4.21. The number of thiophene rings is 1. The summed E-state index contributed by atoms with van der Waals surface area (Å²) in [5.74, 6) is 0. The van der Waals surface area contributed by atoms with Crippen LogP contribution in [0.5, 0.6) is 0 Å². The molecule has 1 aliphatic heterocycles. The molecule has 6 heteroatoms. The highest BCUT2D eigenvalue weighted by atomic mass is 35.5. The Kier molecular flexibility index (Phi) is 4.25. The van der Waals surface area contributed by atoms with E-state index in [9.17, 15) is 4.79 Å². The number of hydrogen-bond donors (Lipinski definition) is 2. The van der Waals surface area contributed by atoms with Crippen molar-refractivity contribution in [1.82, 2.24) is 15.5 Å². The molecule has 1 fully saturated rings. The third-order valence-electron chi connectivity index (χ3n) is 2.80. The number of nitrogens with one attached hydrogen (secondary N) is 2. The average Bonchev–Trinajstić information content (AvgIpc) is 2.88. The van der Waals surface area contributed by atoms with Crippen LogP contribution in [-0.4, -0.2) is 37.1 Å². The first-order valence-electron chi connectivity index (χ1n) is 5.68. The predicted molar refractivity (Wildman–Crippen MR) is 70.7 cm³/mol. The molecule has 0 aromatic carbocycles. The Bertz CT molecular complexity index is 396. The van der Waals surface area contributed by atoms with Gasteiger partial charge >= 0.3 is 6.03 Å². The molecule has 1 saturated heterocycles. The molecule has 94 valence electrons. The summed E-state index contributed by atoms with van der Waals surface area (Å²) in [6.45, 7) is 5.21. The van der Waals surface area contributed by atoms with Gasteiger partial charge in [0, 0.05) is 37.1 Å². The molecule has 0 radical (unpaired) electrons. The van der Waals surface area contributed by atoms with Gasteiger partial charge in [-0.05, 0) is 19.1 Å². The molecule has 2 amide bonds. The van der Waals surface area contributed by atoms with E-state index >= 15 is 0 Å². The summed E-state index contributed by atoms with van der Waals surface area (Å²) >= 11 is 7.48. The van der Waals surface area contributed by atoms with Crippen molar-refractivity contribution in [2.24, 2.45) is 0 Å². The van der Waals surface area contributed by atoms with Crippen LogP contribution in [0.25, 0.3) is 0 Å². The monoisotopic (exact) mass is 273 g/mol. The van der Waals surface area contributed by atoms with E-state index in [0.29, 0.717) is 0 Å². The molecular formula is C11H16ClN3OS. The molecule has 0 bridgehead atoms. The van der Waals surface area contributed by atoms with Crippen molar-refractivity contribution < 1.29 is 4.79 Å². The number of rotatable bonds is 5. The highest BCUT2D eigenvalue weighted by molar-refractivity contribution is 7.16. The normalized spacial score (nSPS) is 17.3. The summed E-state index contributed by atoms with van der Waals surface area (Å²) in [6.07, 6.45) is 0. The van der Waals surface area contributed by atoms with Crippen LogP contribution in [0.3, 0.4) is 0 Å². The zero-order valence-corrected chi connectivity index (χ0v) is 11.3. The van der Waals surface area contributed by atoms with Crippen molar-refractivity contribution in [1.29, 1.82) is 0 Å². The molecular weight excluding hydrogens is 258 g/mol. The summed E-state index contributed by atoms with van der Waals surface area (Å²) in [6, 6.07) is 4.26. The summed E-state index contributed by atoms with van der Waals surface area (Å²) in [7, 11) is 0. The summed E-state index contributed by atoms with van der Waals surface area (Å²) in [5, 5.41) is 6.18. The highest BCUT2D eigenvalue weighted by Gasteiger charge is 2.18. The van der Waals surface area contributed by atoms with Gasteiger partial charge in [-0.25, -0.2) is 4.79 Å². The maximum atomic E-state index is 11.3. The zero-order chi connectivity index (χ0) is 12.3. The minimum Gasteiger partial charge on any atom is -0.336 e. The number of nitrogens with zero attached hydrogens (tertiary/aromatic N) is 1. The van der Waals surface area contributed by atoms with Crippen LogP contribution in [0.4, 0.5) is 4.79 Å². The molecule has 4 nitrogen and oxygen atoms in total. The van der Waals surface area contributed by atoms with Gasteiger partial charge in [-0.1, -0.05) is 11.6 Å². The molecule has 17 heavy (non-hydrogen) atoms. The SMILES string of the molecule is CC(NCCN1CCNC1=O)c1ccc(Cl)s1. The Labute approximate surface area is 110 Å². The van der Waals surface area contributed by atoms with Gasteiger partial charge in [-0.15, -0.1) is 11.3 Å². The van der Waals surface area contributed by atoms with E-state index in [2.05, 4.69) is 17.6 Å². The first-order valence-corrected chi connectivity index (χ1v) is 6.87. The molecule has 1 atom stereocenters. The number of amides is 2. The Morgan fingerprint density at radius 3 is 3.06 bits per heavy atom. The van der Waals surface area contributed by atoms with Crippen LogP contribution in [0, 0.1) is 0 Å². The molecule has 1 aliphatic rings. The van der Waals surface area contributed by atoms with Crippen molar-refractivity contribution in [3.05, 3.63) is 21.3 Å². The van der Waals surface area contributed by atoms with E-state index in [1.54, 1.807) is 11.3 Å². The van der Waals surface area contributed by atoms with Crippen molar-refractivity contribution in [2.75, 3.05) is 26.2 Å². The largest absolute Gasteiger partial charge is 0.336 e. The Hall–Kier alpha value is -0.780. The van der Waals surface area contributed by atoms with Gasteiger partial charge in [0.25, 0.3) is 0 Å². The van der Waals surface area contributed by atoms with Crippen LogP contribution in [0.2, 0.25) is 4.34 Å². The minimum absolute atomic E-state index is 0.0404. The van der Waals surface area contributed by atoms with E-state index in [1.807, 2.05) is 17.0 Å². The lowest BCUT2D eigenvalue weighted by molar-refractivity contribution is 0.217. The van der Waals surface area contributed by atoms with Crippen molar-refractivity contribution in [3.8, 4) is 0 Å². The smallest absolute Gasteiger partial charge is 0.317 e. The predicted octanol–water partition coefficient (Wildman–Crippen LogP) is 2.08. The topological polar surface area (TPSA) is 44.4 Å². The van der Waals surface area contributed by atoms with Crippen molar-refractivity contribution in [2.45, 2.75) is 13.0 Å². The van der Waals surface area contributed by atoms with Crippen LogP contribution >= 0.6 is 22.9 Å². The molecule has 2 rings (SSSR count). The fraction of sp³-hybridized carbons (Fsp3) is 0.545. The minimum atomic E-state index is 0.0404. The number of hydrogen-bond acceptors (Lipinski definition) is 3. The van der Waals surface area contributed by atoms with Gasteiger partial charge < -0.3 is 15.5 Å². The average molecular weight is 274 g/mol. The van der Waals surface area contributed by atoms with Gasteiger partial charge in [0.1, 0.15) is 0 Å². The second kappa shape index (κ2) is 5.71. The van der Waals surface area contributed by atoms with E-state index in [1.165, 1.54) is 4.88 Å². The van der Waals surface area contributed by atoms with E-state index < -0.39 is 0 Å². The Morgan fingerprint density at radius 2 is 2.47 bits per heavy atom. The van der Waals surface area contributed by atoms with E-state index in [0.717, 1.165) is 30.5 Å². The molecule has 2 N–H and O–H groups in total. The van der Waals surface area contributed by atoms with Gasteiger partial charge in [0.15, 0.2) is 0 Å².